The summed E-state index contributed by atoms with van der Waals surface area (Å²) in [5.74, 6) is -2.65. The molecule has 0 radical (unpaired) electrons. The van der Waals surface area contributed by atoms with Crippen molar-refractivity contribution in [3.05, 3.63) is 53.6 Å². The van der Waals surface area contributed by atoms with Crippen LogP contribution in [0.1, 0.15) is 24.2 Å². The van der Waals surface area contributed by atoms with Crippen molar-refractivity contribution in [1.82, 2.24) is 0 Å². The minimum atomic E-state index is -4.28. The lowest BCUT2D eigenvalue weighted by Crippen LogP contribution is -2.16. The molecule has 2 aromatic carbocycles. The third kappa shape index (κ3) is 4.69. The summed E-state index contributed by atoms with van der Waals surface area (Å²) < 4.78 is 58.8. The molecule has 0 spiro atoms. The molecule has 0 atom stereocenters. The highest BCUT2D eigenvalue weighted by Gasteiger charge is 2.19. The molecule has 26 heavy (non-hydrogen) atoms. The Morgan fingerprint density at radius 1 is 1.04 bits per heavy atom. The Morgan fingerprint density at radius 2 is 1.69 bits per heavy atom. The van der Waals surface area contributed by atoms with E-state index in [1.165, 1.54) is 18.2 Å². The summed E-state index contributed by atoms with van der Waals surface area (Å²) in [6.45, 7) is 4.10. The van der Waals surface area contributed by atoms with E-state index >= 15 is 0 Å². The van der Waals surface area contributed by atoms with E-state index in [4.69, 9.17) is 4.74 Å². The molecule has 0 aromatic heterocycles. The van der Waals surface area contributed by atoms with Crippen molar-refractivity contribution < 1.29 is 26.7 Å². The molecule has 0 fully saturated rings. The molecule has 0 unspecified atom stereocenters. The number of hydrogen-bond acceptors (Lipinski definition) is 5. The zero-order chi connectivity index (χ0) is 19.3. The van der Waals surface area contributed by atoms with Crippen LogP contribution < -0.4 is 10.0 Å². The fourth-order valence-corrected chi connectivity index (χ4v) is 3.31. The second-order valence-corrected chi connectivity index (χ2v) is 6.90. The maximum Gasteiger partial charge on any atom is 0.338 e. The maximum absolute atomic E-state index is 13.3. The molecule has 0 saturated carbocycles. The van der Waals surface area contributed by atoms with Gasteiger partial charge in [0.2, 0.25) is 0 Å². The standard InChI is InChI=1S/C17H18F2N2O4S/c1-3-20-15-6-5-11(17(22)25-4-2)7-16(15)21-26(23,24)14-9-12(18)8-13(19)10-14/h5-10,20-21H,3-4H2,1-2H3. The number of hydrogen-bond donors (Lipinski definition) is 2. The number of ether oxygens (including phenoxy) is 1. The molecule has 2 N–H and O–H groups in total. The van der Waals surface area contributed by atoms with Crippen molar-refractivity contribution in [2.45, 2.75) is 18.7 Å². The van der Waals surface area contributed by atoms with Crippen molar-refractivity contribution in [3.8, 4) is 0 Å². The zero-order valence-electron chi connectivity index (χ0n) is 14.2. The molecular weight excluding hydrogens is 366 g/mol. The number of rotatable bonds is 7. The predicted molar refractivity (Wildman–Crippen MR) is 93.7 cm³/mol. The molecule has 0 amide bonds. The number of nitrogens with one attached hydrogen (secondary N) is 2. The molecule has 0 aliphatic heterocycles. The first-order valence-corrected chi connectivity index (χ1v) is 9.29. The number of sulfonamides is 1. The fourth-order valence-electron chi connectivity index (χ4n) is 2.20. The highest BCUT2D eigenvalue weighted by molar-refractivity contribution is 7.92. The SMILES string of the molecule is CCNc1ccc(C(=O)OCC)cc1NS(=O)(=O)c1cc(F)cc(F)c1. The quantitative estimate of drug-likeness (QED) is 0.715. The van der Waals surface area contributed by atoms with Gasteiger partial charge in [0.25, 0.3) is 10.0 Å². The number of esters is 1. The van der Waals surface area contributed by atoms with Gasteiger partial charge in [-0.1, -0.05) is 0 Å². The monoisotopic (exact) mass is 384 g/mol. The summed E-state index contributed by atoms with van der Waals surface area (Å²) in [5, 5.41) is 2.94. The first kappa shape index (κ1) is 19.6. The van der Waals surface area contributed by atoms with E-state index in [0.29, 0.717) is 30.4 Å². The highest BCUT2D eigenvalue weighted by Crippen LogP contribution is 2.27. The third-order valence-electron chi connectivity index (χ3n) is 3.29. The van der Waals surface area contributed by atoms with Gasteiger partial charge in [0.15, 0.2) is 0 Å². The molecule has 0 aliphatic carbocycles. The second-order valence-electron chi connectivity index (χ2n) is 5.22. The molecule has 2 rings (SSSR count). The van der Waals surface area contributed by atoms with Gasteiger partial charge in [0, 0.05) is 12.6 Å². The Balaban J connectivity index is 2.44. The maximum atomic E-state index is 13.3. The predicted octanol–water partition coefficient (Wildman–Crippen LogP) is 3.37. The largest absolute Gasteiger partial charge is 0.462 e. The van der Waals surface area contributed by atoms with E-state index in [2.05, 4.69) is 10.0 Å². The lowest BCUT2D eigenvalue weighted by atomic mass is 10.1. The van der Waals surface area contributed by atoms with Crippen molar-refractivity contribution in [2.24, 2.45) is 0 Å². The van der Waals surface area contributed by atoms with Crippen molar-refractivity contribution in [1.29, 1.82) is 0 Å². The molecular formula is C17H18F2N2O4S. The fraction of sp³-hybridized carbons (Fsp3) is 0.235. The second kappa shape index (κ2) is 8.13. The van der Waals surface area contributed by atoms with Gasteiger partial charge >= 0.3 is 5.97 Å². The van der Waals surface area contributed by atoms with E-state index in [1.54, 1.807) is 13.8 Å². The first-order chi connectivity index (χ1) is 12.3. The number of carbonyl (C=O) groups is 1. The number of benzene rings is 2. The van der Waals surface area contributed by atoms with Crippen LogP contribution in [-0.2, 0) is 14.8 Å². The topological polar surface area (TPSA) is 84.5 Å². The van der Waals surface area contributed by atoms with Gasteiger partial charge in [0.1, 0.15) is 11.6 Å². The van der Waals surface area contributed by atoms with Crippen LogP contribution in [0.3, 0.4) is 0 Å². The van der Waals surface area contributed by atoms with Gasteiger partial charge in [-0.3, -0.25) is 4.72 Å². The minimum absolute atomic E-state index is 0.0575. The normalized spacial score (nSPS) is 11.1. The van der Waals surface area contributed by atoms with E-state index in [-0.39, 0.29) is 17.9 Å². The van der Waals surface area contributed by atoms with Crippen molar-refractivity contribution >= 4 is 27.4 Å². The molecule has 2 aromatic rings. The minimum Gasteiger partial charge on any atom is -0.462 e. The Bertz CT molecular complexity index is 897. The number of carbonyl (C=O) groups excluding carboxylic acids is 1. The highest BCUT2D eigenvalue weighted by atomic mass is 32.2. The third-order valence-corrected chi connectivity index (χ3v) is 4.63. The summed E-state index contributed by atoms with van der Waals surface area (Å²) in [7, 11) is -4.28. The smallest absolute Gasteiger partial charge is 0.338 e. The van der Waals surface area contributed by atoms with E-state index in [0.717, 1.165) is 0 Å². The van der Waals surface area contributed by atoms with Crippen LogP contribution in [0.5, 0.6) is 0 Å². The van der Waals surface area contributed by atoms with Gasteiger partial charge in [-0.25, -0.2) is 22.0 Å². The molecule has 0 bridgehead atoms. The Kier molecular flexibility index (Phi) is 6.14. The van der Waals surface area contributed by atoms with E-state index in [9.17, 15) is 22.0 Å². The van der Waals surface area contributed by atoms with Crippen LogP contribution in [0.15, 0.2) is 41.3 Å². The molecule has 0 aliphatic rings. The Morgan fingerprint density at radius 3 is 2.27 bits per heavy atom. The Labute approximate surface area is 150 Å². The van der Waals surface area contributed by atoms with Gasteiger partial charge in [-0.15, -0.1) is 0 Å². The average molecular weight is 384 g/mol. The summed E-state index contributed by atoms with van der Waals surface area (Å²) in [4.78, 5) is 11.3. The summed E-state index contributed by atoms with van der Waals surface area (Å²) >= 11 is 0. The summed E-state index contributed by atoms with van der Waals surface area (Å²) in [6.07, 6.45) is 0. The molecule has 140 valence electrons. The molecule has 0 heterocycles. The summed E-state index contributed by atoms with van der Waals surface area (Å²) in [5.41, 5.74) is 0.597. The first-order valence-electron chi connectivity index (χ1n) is 7.80. The number of halogens is 2. The van der Waals surface area contributed by atoms with Crippen LogP contribution in [0.25, 0.3) is 0 Å². The lowest BCUT2D eigenvalue weighted by Gasteiger charge is -2.15. The van der Waals surface area contributed by atoms with Crippen LogP contribution >= 0.6 is 0 Å². The van der Waals surface area contributed by atoms with Crippen LogP contribution in [0, 0.1) is 11.6 Å². The van der Waals surface area contributed by atoms with Crippen LogP contribution in [-0.4, -0.2) is 27.5 Å². The van der Waals surface area contributed by atoms with Crippen LogP contribution in [0.4, 0.5) is 20.2 Å². The van der Waals surface area contributed by atoms with E-state index < -0.39 is 32.5 Å². The molecule has 0 saturated heterocycles. The van der Waals surface area contributed by atoms with Crippen molar-refractivity contribution in [2.75, 3.05) is 23.2 Å². The molecule has 6 nitrogen and oxygen atoms in total. The van der Waals surface area contributed by atoms with Crippen LogP contribution in [0.2, 0.25) is 0 Å². The van der Waals surface area contributed by atoms with Gasteiger partial charge < -0.3 is 10.1 Å². The molecule has 9 heteroatoms. The Hall–Kier alpha value is -2.68. The van der Waals surface area contributed by atoms with Gasteiger partial charge in [0.05, 0.1) is 28.4 Å². The summed E-state index contributed by atoms with van der Waals surface area (Å²) in [6, 6.07) is 6.27. The van der Waals surface area contributed by atoms with Crippen molar-refractivity contribution in [3.63, 3.8) is 0 Å². The van der Waals surface area contributed by atoms with E-state index in [1.807, 2.05) is 0 Å². The van der Waals surface area contributed by atoms with Gasteiger partial charge in [-0.05, 0) is 44.2 Å². The zero-order valence-corrected chi connectivity index (χ0v) is 15.0. The average Bonchev–Trinajstić information content (AvgIpc) is 2.55. The van der Waals surface area contributed by atoms with Gasteiger partial charge in [-0.2, -0.15) is 0 Å². The number of anilines is 2. The lowest BCUT2D eigenvalue weighted by molar-refractivity contribution is 0.0526.